The topological polar surface area (TPSA) is 145 Å². The van der Waals surface area contributed by atoms with E-state index in [-0.39, 0.29) is 23.4 Å². The molecule has 2 unspecified atom stereocenters. The molecule has 11 heteroatoms. The molecule has 204 valence electrons. The van der Waals surface area contributed by atoms with E-state index < -0.39 is 6.09 Å². The van der Waals surface area contributed by atoms with Gasteiger partial charge in [-0.1, -0.05) is 27.4 Å². The van der Waals surface area contributed by atoms with Crippen LogP contribution >= 0.6 is 0 Å². The molecule has 1 saturated heterocycles. The zero-order valence-electron chi connectivity index (χ0n) is 22.4. The molecule has 1 aromatic carbocycles. The second kappa shape index (κ2) is 10.6. The van der Waals surface area contributed by atoms with E-state index in [1.165, 1.54) is 11.0 Å². The fourth-order valence-electron chi connectivity index (χ4n) is 4.93. The molecule has 1 fully saturated rings. The Bertz CT molecular complexity index is 1580. The predicted octanol–water partition coefficient (Wildman–Crippen LogP) is 5.14. The van der Waals surface area contributed by atoms with Gasteiger partial charge < -0.3 is 26.0 Å². The molecular weight excluding hydrogens is 508 g/mol. The molecule has 3 aromatic heterocycles. The number of hydrogen-bond donors (Lipinski definition) is 4. The Labute approximate surface area is 231 Å². The van der Waals surface area contributed by atoms with Crippen LogP contribution in [-0.4, -0.2) is 60.6 Å². The summed E-state index contributed by atoms with van der Waals surface area (Å²) in [6, 6.07) is 12.8. The van der Waals surface area contributed by atoms with Gasteiger partial charge in [0.15, 0.2) is 0 Å². The third-order valence-electron chi connectivity index (χ3n) is 6.69. The average Bonchev–Trinajstić information content (AvgIpc) is 2.90. The van der Waals surface area contributed by atoms with E-state index in [0.717, 1.165) is 16.8 Å². The number of amides is 2. The number of carbonyl (C=O) groups excluding carboxylic acids is 1. The van der Waals surface area contributed by atoms with Crippen molar-refractivity contribution in [1.82, 2.24) is 24.8 Å². The van der Waals surface area contributed by atoms with Crippen molar-refractivity contribution < 1.29 is 14.7 Å². The molecule has 2 atom stereocenters. The maximum atomic E-state index is 11.7. The van der Waals surface area contributed by atoms with Crippen LogP contribution in [0.1, 0.15) is 20.8 Å². The van der Waals surface area contributed by atoms with Gasteiger partial charge in [-0.25, -0.2) is 14.8 Å². The molecule has 0 aliphatic carbocycles. The number of nitrogens with one attached hydrogen (secondary N) is 3. The SMILES string of the molecule is C=CC(=O)Nc1ccnc(-c2nccc3cnc(Nc4ccc(NC5CN(C(=O)O)C5C(C)(C)C)cc4)nc23)c1. The van der Waals surface area contributed by atoms with E-state index in [1.807, 2.05) is 51.1 Å². The van der Waals surface area contributed by atoms with Gasteiger partial charge >= 0.3 is 6.09 Å². The van der Waals surface area contributed by atoms with Crippen LogP contribution in [-0.2, 0) is 4.79 Å². The maximum Gasteiger partial charge on any atom is 0.407 e. The quantitative estimate of drug-likeness (QED) is 0.235. The van der Waals surface area contributed by atoms with Crippen molar-refractivity contribution in [2.24, 2.45) is 5.41 Å². The van der Waals surface area contributed by atoms with Gasteiger partial charge in [0.05, 0.1) is 17.8 Å². The van der Waals surface area contributed by atoms with Gasteiger partial charge in [-0.2, -0.15) is 0 Å². The predicted molar refractivity (Wildman–Crippen MR) is 154 cm³/mol. The molecule has 0 bridgehead atoms. The van der Waals surface area contributed by atoms with E-state index in [1.54, 1.807) is 30.7 Å². The fraction of sp³-hybridized carbons (Fsp3) is 0.241. The number of carbonyl (C=O) groups is 2. The molecule has 4 aromatic rings. The minimum atomic E-state index is -0.894. The smallest absolute Gasteiger partial charge is 0.407 e. The van der Waals surface area contributed by atoms with Crippen LogP contribution in [0, 0.1) is 5.41 Å². The lowest BCUT2D eigenvalue weighted by atomic mass is 9.76. The summed E-state index contributed by atoms with van der Waals surface area (Å²) in [4.78, 5) is 42.8. The van der Waals surface area contributed by atoms with Crippen molar-refractivity contribution in [3.05, 3.63) is 73.7 Å². The third-order valence-corrected chi connectivity index (χ3v) is 6.69. The van der Waals surface area contributed by atoms with Gasteiger partial charge in [-0.05, 0) is 54.0 Å². The van der Waals surface area contributed by atoms with Crippen LogP contribution in [0.25, 0.3) is 22.3 Å². The van der Waals surface area contributed by atoms with Gasteiger partial charge in [-0.15, -0.1) is 0 Å². The first kappa shape index (κ1) is 26.5. The summed E-state index contributed by atoms with van der Waals surface area (Å²) in [5.41, 5.74) is 3.79. The third kappa shape index (κ3) is 5.53. The molecule has 0 spiro atoms. The summed E-state index contributed by atoms with van der Waals surface area (Å²) in [6.07, 6.45) is 5.28. The highest BCUT2D eigenvalue weighted by molar-refractivity contribution is 5.99. The van der Waals surface area contributed by atoms with E-state index >= 15 is 0 Å². The number of nitrogens with zero attached hydrogens (tertiary/aromatic N) is 5. The van der Waals surface area contributed by atoms with E-state index in [4.69, 9.17) is 4.98 Å². The lowest BCUT2D eigenvalue weighted by Gasteiger charge is -2.53. The summed E-state index contributed by atoms with van der Waals surface area (Å²) in [5, 5.41) is 19.7. The average molecular weight is 539 g/mol. The Morgan fingerprint density at radius 3 is 2.45 bits per heavy atom. The number of hydrogen-bond acceptors (Lipinski definition) is 8. The molecule has 2 amide bonds. The monoisotopic (exact) mass is 538 g/mol. The Kier molecular flexibility index (Phi) is 7.03. The van der Waals surface area contributed by atoms with Crippen LogP contribution in [0.3, 0.4) is 0 Å². The number of rotatable bonds is 7. The van der Waals surface area contributed by atoms with Gasteiger partial charge in [0.2, 0.25) is 11.9 Å². The standard InChI is InChI=1S/C29H30N8O3/c1-5-23(38)34-20-11-13-30-21(14-20)25-24-17(10-12-31-25)15-32-27(36-24)35-19-8-6-18(7-9-19)33-22-16-37(28(39)40)26(22)29(2,3)4/h5-15,22,26,33H,1,16H2,2-4H3,(H,39,40)(H,30,34,38)(H,32,35,36). The molecule has 0 radical (unpaired) electrons. The summed E-state index contributed by atoms with van der Waals surface area (Å²) >= 11 is 0. The van der Waals surface area contributed by atoms with Crippen molar-refractivity contribution in [3.63, 3.8) is 0 Å². The highest BCUT2D eigenvalue weighted by atomic mass is 16.4. The summed E-state index contributed by atoms with van der Waals surface area (Å²) < 4.78 is 0. The molecule has 4 N–H and O–H groups in total. The molecule has 11 nitrogen and oxygen atoms in total. The van der Waals surface area contributed by atoms with E-state index in [0.29, 0.717) is 35.1 Å². The van der Waals surface area contributed by atoms with Gasteiger partial charge in [0.1, 0.15) is 11.2 Å². The van der Waals surface area contributed by atoms with Crippen LogP contribution in [0.5, 0.6) is 0 Å². The maximum absolute atomic E-state index is 11.7. The highest BCUT2D eigenvalue weighted by Crippen LogP contribution is 2.36. The van der Waals surface area contributed by atoms with Gasteiger partial charge in [0.25, 0.3) is 0 Å². The minimum absolute atomic E-state index is 0.0295. The molecule has 0 saturated carbocycles. The van der Waals surface area contributed by atoms with Crippen molar-refractivity contribution in [3.8, 4) is 11.4 Å². The van der Waals surface area contributed by atoms with Gasteiger partial charge in [0, 0.05) is 47.6 Å². The number of benzene rings is 1. The first-order chi connectivity index (χ1) is 19.1. The normalized spacial score (nSPS) is 16.6. The van der Waals surface area contributed by atoms with Crippen LogP contribution in [0.4, 0.5) is 27.8 Å². The summed E-state index contributed by atoms with van der Waals surface area (Å²) in [6.45, 7) is 10.1. The number of carboxylic acid groups (broad SMARTS) is 1. The lowest BCUT2D eigenvalue weighted by Crippen LogP contribution is -2.69. The molecular formula is C29H30N8O3. The number of aromatic nitrogens is 4. The molecule has 4 heterocycles. The van der Waals surface area contributed by atoms with Crippen LogP contribution in [0.15, 0.2) is 73.7 Å². The summed E-state index contributed by atoms with van der Waals surface area (Å²) in [7, 11) is 0. The van der Waals surface area contributed by atoms with Gasteiger partial charge in [-0.3, -0.25) is 14.8 Å². The molecule has 5 rings (SSSR count). The first-order valence-corrected chi connectivity index (χ1v) is 12.8. The fourth-order valence-corrected chi connectivity index (χ4v) is 4.93. The zero-order valence-corrected chi connectivity index (χ0v) is 22.4. The number of anilines is 4. The van der Waals surface area contributed by atoms with Crippen molar-refractivity contribution in [2.45, 2.75) is 32.9 Å². The number of pyridine rings is 2. The Hall–Kier alpha value is -5.06. The van der Waals surface area contributed by atoms with Crippen LogP contribution < -0.4 is 16.0 Å². The van der Waals surface area contributed by atoms with E-state index in [2.05, 4.69) is 37.5 Å². The minimum Gasteiger partial charge on any atom is -0.465 e. The van der Waals surface area contributed by atoms with Crippen molar-refractivity contribution in [2.75, 3.05) is 22.5 Å². The zero-order chi connectivity index (χ0) is 28.4. The molecule has 40 heavy (non-hydrogen) atoms. The Morgan fingerprint density at radius 2 is 1.75 bits per heavy atom. The van der Waals surface area contributed by atoms with E-state index in [9.17, 15) is 14.7 Å². The second-order valence-electron chi connectivity index (χ2n) is 10.6. The van der Waals surface area contributed by atoms with Crippen molar-refractivity contribution in [1.29, 1.82) is 0 Å². The molecule has 1 aliphatic rings. The number of fused-ring (bicyclic) bond motifs is 1. The van der Waals surface area contributed by atoms with Crippen LogP contribution in [0.2, 0.25) is 0 Å². The second-order valence-corrected chi connectivity index (χ2v) is 10.6. The first-order valence-electron chi connectivity index (χ1n) is 12.8. The number of likely N-dealkylation sites (tertiary alicyclic amines) is 1. The Balaban J connectivity index is 1.33. The molecule has 1 aliphatic heterocycles. The van der Waals surface area contributed by atoms with Crippen molar-refractivity contribution >= 4 is 45.9 Å². The highest BCUT2D eigenvalue weighted by Gasteiger charge is 2.48. The summed E-state index contributed by atoms with van der Waals surface area (Å²) in [5.74, 6) is 0.0736. The largest absolute Gasteiger partial charge is 0.465 e. The lowest BCUT2D eigenvalue weighted by molar-refractivity contribution is -0.111. The Morgan fingerprint density at radius 1 is 1.02 bits per heavy atom.